The zero-order valence-electron chi connectivity index (χ0n) is 12.9. The summed E-state index contributed by atoms with van der Waals surface area (Å²) in [4.78, 5) is 12.3. The summed E-state index contributed by atoms with van der Waals surface area (Å²) < 4.78 is 24.1. The van der Waals surface area contributed by atoms with Crippen molar-refractivity contribution in [1.29, 1.82) is 0 Å². The van der Waals surface area contributed by atoms with Gasteiger partial charge in [0.25, 0.3) is 0 Å². The second-order valence-electron chi connectivity index (χ2n) is 5.44. The minimum absolute atomic E-state index is 0.146. The highest BCUT2D eigenvalue weighted by atomic mass is 35.5. The van der Waals surface area contributed by atoms with E-state index in [1.165, 1.54) is 12.1 Å². The fraction of sp³-hybridized carbons (Fsp3) is 0.235. The smallest absolute Gasteiger partial charge is 0.228 e. The average Bonchev–Trinajstić information content (AvgIpc) is 2.50. The van der Waals surface area contributed by atoms with Crippen molar-refractivity contribution in [2.45, 2.75) is 30.4 Å². The molecular weight excluding hydrogens is 334 g/mol. The van der Waals surface area contributed by atoms with Crippen LogP contribution < -0.4 is 5.32 Å². The molecule has 2 aromatic rings. The van der Waals surface area contributed by atoms with E-state index in [-0.39, 0.29) is 17.2 Å². The van der Waals surface area contributed by atoms with Crippen LogP contribution in [0.4, 0.5) is 5.69 Å². The molecule has 0 unspecified atom stereocenters. The number of halogens is 1. The van der Waals surface area contributed by atoms with Crippen molar-refractivity contribution in [3.8, 4) is 0 Å². The summed E-state index contributed by atoms with van der Waals surface area (Å²) in [5, 5.41) is 2.73. The normalized spacial score (nSPS) is 11.5. The number of benzene rings is 2. The molecule has 122 valence electrons. The molecule has 0 aliphatic rings. The molecule has 1 N–H and O–H groups in total. The zero-order valence-corrected chi connectivity index (χ0v) is 14.5. The Bertz CT molecular complexity index is 799. The van der Waals surface area contributed by atoms with Crippen molar-refractivity contribution in [2.75, 3.05) is 5.32 Å². The van der Waals surface area contributed by atoms with Crippen LogP contribution >= 0.6 is 11.6 Å². The van der Waals surface area contributed by atoms with Crippen LogP contribution in [0.5, 0.6) is 0 Å². The molecule has 0 aliphatic heterocycles. The van der Waals surface area contributed by atoms with Crippen LogP contribution in [0.1, 0.15) is 19.4 Å². The summed E-state index contributed by atoms with van der Waals surface area (Å²) in [6, 6.07) is 13.4. The maximum absolute atomic E-state index is 12.1. The number of para-hydroxylation sites is 1. The first kappa shape index (κ1) is 17.5. The quantitative estimate of drug-likeness (QED) is 0.893. The van der Waals surface area contributed by atoms with Gasteiger partial charge in [-0.25, -0.2) is 8.42 Å². The lowest BCUT2D eigenvalue weighted by molar-refractivity contribution is -0.115. The molecule has 0 saturated heterocycles. The van der Waals surface area contributed by atoms with Gasteiger partial charge in [-0.1, -0.05) is 35.9 Å². The highest BCUT2D eigenvalue weighted by Gasteiger charge is 2.18. The largest absolute Gasteiger partial charge is 0.324 e. The second-order valence-corrected chi connectivity index (χ2v) is 8.35. The lowest BCUT2D eigenvalue weighted by atomic mass is 10.1. The van der Waals surface area contributed by atoms with Crippen LogP contribution in [0.3, 0.4) is 0 Å². The van der Waals surface area contributed by atoms with Gasteiger partial charge >= 0.3 is 0 Å². The maximum atomic E-state index is 12.1. The SMILES string of the molecule is CC(C)S(=O)(=O)c1ccc(CC(=O)Nc2ccccc2Cl)cc1. The topological polar surface area (TPSA) is 63.2 Å². The van der Waals surface area contributed by atoms with E-state index in [1.54, 1.807) is 50.2 Å². The van der Waals surface area contributed by atoms with Gasteiger partial charge in [0.1, 0.15) is 0 Å². The van der Waals surface area contributed by atoms with E-state index < -0.39 is 15.1 Å². The number of anilines is 1. The molecule has 0 radical (unpaired) electrons. The Hall–Kier alpha value is -1.85. The molecule has 2 rings (SSSR count). The molecule has 0 aliphatic carbocycles. The van der Waals surface area contributed by atoms with Crippen LogP contribution in [0.15, 0.2) is 53.4 Å². The highest BCUT2D eigenvalue weighted by molar-refractivity contribution is 7.92. The van der Waals surface area contributed by atoms with E-state index in [1.807, 2.05) is 0 Å². The van der Waals surface area contributed by atoms with Crippen LogP contribution in [-0.2, 0) is 21.1 Å². The van der Waals surface area contributed by atoms with Crippen LogP contribution in [0, 0.1) is 0 Å². The molecule has 0 bridgehead atoms. The third-order valence-electron chi connectivity index (χ3n) is 3.39. The van der Waals surface area contributed by atoms with Crippen LogP contribution in [0.2, 0.25) is 5.02 Å². The molecule has 0 spiro atoms. The molecule has 0 saturated carbocycles. The van der Waals surface area contributed by atoms with E-state index in [0.717, 1.165) is 5.56 Å². The monoisotopic (exact) mass is 351 g/mol. The van der Waals surface area contributed by atoms with Gasteiger partial charge in [0.2, 0.25) is 5.91 Å². The van der Waals surface area contributed by atoms with Crippen molar-refractivity contribution in [1.82, 2.24) is 0 Å². The minimum atomic E-state index is -3.29. The van der Waals surface area contributed by atoms with Gasteiger partial charge in [0.15, 0.2) is 9.84 Å². The molecule has 0 heterocycles. The lowest BCUT2D eigenvalue weighted by Crippen LogP contribution is -2.16. The number of sulfone groups is 1. The molecule has 0 atom stereocenters. The molecular formula is C17H18ClNO3S. The maximum Gasteiger partial charge on any atom is 0.228 e. The molecule has 23 heavy (non-hydrogen) atoms. The summed E-state index contributed by atoms with van der Waals surface area (Å²) in [7, 11) is -3.29. The Morgan fingerprint density at radius 2 is 1.70 bits per heavy atom. The van der Waals surface area contributed by atoms with Crippen molar-refractivity contribution in [3.63, 3.8) is 0 Å². The Morgan fingerprint density at radius 3 is 2.26 bits per heavy atom. The predicted octanol–water partition coefficient (Wildman–Crippen LogP) is 3.70. The van der Waals surface area contributed by atoms with Crippen molar-refractivity contribution in [2.24, 2.45) is 0 Å². The number of hydrogen-bond donors (Lipinski definition) is 1. The van der Waals surface area contributed by atoms with Crippen molar-refractivity contribution in [3.05, 3.63) is 59.1 Å². The number of hydrogen-bond acceptors (Lipinski definition) is 3. The molecule has 4 nitrogen and oxygen atoms in total. The predicted molar refractivity (Wildman–Crippen MR) is 92.5 cm³/mol. The van der Waals surface area contributed by atoms with E-state index in [9.17, 15) is 13.2 Å². The summed E-state index contributed by atoms with van der Waals surface area (Å²) >= 11 is 5.99. The average molecular weight is 352 g/mol. The summed E-state index contributed by atoms with van der Waals surface area (Å²) in [5.41, 5.74) is 1.29. The highest BCUT2D eigenvalue weighted by Crippen LogP contribution is 2.21. The Labute approximate surface area is 141 Å². The van der Waals surface area contributed by atoms with E-state index >= 15 is 0 Å². The third-order valence-corrected chi connectivity index (χ3v) is 5.89. The molecule has 0 aromatic heterocycles. The van der Waals surface area contributed by atoms with Gasteiger partial charge in [0.05, 0.1) is 27.3 Å². The number of carbonyl (C=O) groups is 1. The van der Waals surface area contributed by atoms with Crippen molar-refractivity contribution < 1.29 is 13.2 Å². The third kappa shape index (κ3) is 4.33. The van der Waals surface area contributed by atoms with Gasteiger partial charge in [-0.15, -0.1) is 0 Å². The van der Waals surface area contributed by atoms with Gasteiger partial charge in [0, 0.05) is 0 Å². The standard InChI is InChI=1S/C17H18ClNO3S/c1-12(2)23(21,22)14-9-7-13(8-10-14)11-17(20)19-16-6-4-3-5-15(16)18/h3-10,12H,11H2,1-2H3,(H,19,20). The van der Waals surface area contributed by atoms with Gasteiger partial charge in [-0.2, -0.15) is 0 Å². The van der Waals surface area contributed by atoms with Gasteiger partial charge in [-0.05, 0) is 43.7 Å². The first-order valence-corrected chi connectivity index (χ1v) is 9.10. The zero-order chi connectivity index (χ0) is 17.0. The molecule has 0 fully saturated rings. The second kappa shape index (κ2) is 7.15. The van der Waals surface area contributed by atoms with Crippen LogP contribution in [-0.4, -0.2) is 19.6 Å². The first-order valence-electron chi connectivity index (χ1n) is 7.18. The van der Waals surface area contributed by atoms with E-state index in [4.69, 9.17) is 11.6 Å². The first-order chi connectivity index (χ1) is 10.8. The van der Waals surface area contributed by atoms with Crippen molar-refractivity contribution >= 4 is 33.0 Å². The summed E-state index contributed by atoms with van der Waals surface area (Å²) in [6.07, 6.45) is 0.146. The number of carbonyl (C=O) groups excluding carboxylic acids is 1. The molecule has 1 amide bonds. The molecule has 6 heteroatoms. The van der Waals surface area contributed by atoms with Crippen LogP contribution in [0.25, 0.3) is 0 Å². The minimum Gasteiger partial charge on any atom is -0.324 e. The number of amides is 1. The number of rotatable bonds is 5. The number of nitrogens with one attached hydrogen (secondary N) is 1. The fourth-order valence-corrected chi connectivity index (χ4v) is 3.25. The van der Waals surface area contributed by atoms with E-state index in [0.29, 0.717) is 10.7 Å². The summed E-state index contributed by atoms with van der Waals surface area (Å²) in [6.45, 7) is 3.28. The summed E-state index contributed by atoms with van der Waals surface area (Å²) in [5.74, 6) is -0.211. The van der Waals surface area contributed by atoms with Gasteiger partial charge in [-0.3, -0.25) is 4.79 Å². The lowest BCUT2D eigenvalue weighted by Gasteiger charge is -2.09. The Kier molecular flexibility index (Phi) is 5.44. The molecule has 2 aromatic carbocycles. The Morgan fingerprint density at radius 1 is 1.09 bits per heavy atom. The van der Waals surface area contributed by atoms with E-state index in [2.05, 4.69) is 5.32 Å². The Balaban J connectivity index is 2.07. The fourth-order valence-electron chi connectivity index (χ4n) is 2.01. The van der Waals surface area contributed by atoms with Gasteiger partial charge < -0.3 is 5.32 Å².